The first-order chi connectivity index (χ1) is 9.74. The summed E-state index contributed by atoms with van der Waals surface area (Å²) in [6, 6.07) is 9.47. The molecule has 0 saturated carbocycles. The minimum atomic E-state index is -0.163. The number of nitriles is 1. The quantitative estimate of drug-likeness (QED) is 0.794. The Morgan fingerprint density at radius 1 is 1.50 bits per heavy atom. The number of carbonyl (C=O) groups excluding carboxylic acids is 1. The lowest BCUT2D eigenvalue weighted by molar-refractivity contribution is -0.148. The molecular weight excluding hydrogens is 272 g/mol. The molecule has 1 heterocycles. The van der Waals surface area contributed by atoms with Crippen LogP contribution in [0.25, 0.3) is 0 Å². The van der Waals surface area contributed by atoms with E-state index in [4.69, 9.17) is 10.00 Å². The topological polar surface area (TPSA) is 53.3 Å². The summed E-state index contributed by atoms with van der Waals surface area (Å²) in [5.74, 6) is 1.69. The molecule has 20 heavy (non-hydrogen) atoms. The van der Waals surface area contributed by atoms with E-state index in [1.54, 1.807) is 11.8 Å². The first-order valence-corrected chi connectivity index (χ1v) is 7.87. The highest BCUT2D eigenvalue weighted by atomic mass is 32.2. The summed E-state index contributed by atoms with van der Waals surface area (Å²) in [6.45, 7) is 3.85. The third kappa shape index (κ3) is 3.75. The van der Waals surface area contributed by atoms with Crippen LogP contribution in [0.1, 0.15) is 18.1 Å². The molecule has 0 aliphatic carbocycles. The van der Waals surface area contributed by atoms with Crippen LogP contribution in [0.3, 0.4) is 0 Å². The maximum atomic E-state index is 12.0. The maximum Gasteiger partial charge on any atom is 0.324 e. The molecule has 5 heteroatoms. The second kappa shape index (κ2) is 7.32. The van der Waals surface area contributed by atoms with Crippen LogP contribution in [0.5, 0.6) is 0 Å². The molecule has 1 aromatic carbocycles. The highest BCUT2D eigenvalue weighted by Gasteiger charge is 2.30. The first kappa shape index (κ1) is 14.9. The molecular formula is C15H18N2O2S. The molecule has 0 spiro atoms. The van der Waals surface area contributed by atoms with Crippen molar-refractivity contribution in [3.05, 3.63) is 35.4 Å². The van der Waals surface area contributed by atoms with Crippen LogP contribution in [0.2, 0.25) is 0 Å². The Labute approximate surface area is 123 Å². The van der Waals surface area contributed by atoms with Crippen LogP contribution in [-0.2, 0) is 16.1 Å². The van der Waals surface area contributed by atoms with Crippen LogP contribution >= 0.6 is 11.8 Å². The van der Waals surface area contributed by atoms with Gasteiger partial charge < -0.3 is 4.74 Å². The second-order valence-corrected chi connectivity index (χ2v) is 5.77. The largest absolute Gasteiger partial charge is 0.465 e. The molecule has 1 saturated heterocycles. The Morgan fingerprint density at radius 3 is 2.90 bits per heavy atom. The average Bonchev–Trinajstić information content (AvgIpc) is 2.49. The number of thioether (sulfide) groups is 1. The molecule has 1 atom stereocenters. The fraction of sp³-hybridized carbons (Fsp3) is 0.467. The Hall–Kier alpha value is -1.51. The van der Waals surface area contributed by atoms with Gasteiger partial charge >= 0.3 is 5.97 Å². The lowest BCUT2D eigenvalue weighted by Gasteiger charge is -2.33. The summed E-state index contributed by atoms with van der Waals surface area (Å²) in [5, 5.41) is 8.80. The Kier molecular flexibility index (Phi) is 5.45. The van der Waals surface area contributed by atoms with Gasteiger partial charge in [0.2, 0.25) is 0 Å². The zero-order chi connectivity index (χ0) is 14.4. The SMILES string of the molecule is CCOC(=O)[C@H]1CSCCN1Cc1ccc(C#N)cc1. The number of hydrogen-bond acceptors (Lipinski definition) is 5. The van der Waals surface area contributed by atoms with Gasteiger partial charge in [-0.1, -0.05) is 12.1 Å². The van der Waals surface area contributed by atoms with Gasteiger partial charge in [0.25, 0.3) is 0 Å². The molecule has 106 valence electrons. The minimum Gasteiger partial charge on any atom is -0.465 e. The standard InChI is InChI=1S/C15H18N2O2S/c1-2-19-15(18)14-11-20-8-7-17(14)10-13-5-3-12(9-16)4-6-13/h3-6,14H,2,7-8,10-11H2,1H3/t14-/m1/s1. The predicted molar refractivity (Wildman–Crippen MR) is 79.3 cm³/mol. The number of hydrogen-bond donors (Lipinski definition) is 0. The van der Waals surface area contributed by atoms with E-state index >= 15 is 0 Å². The van der Waals surface area contributed by atoms with Gasteiger partial charge in [-0.2, -0.15) is 17.0 Å². The van der Waals surface area contributed by atoms with E-state index in [1.807, 2.05) is 31.2 Å². The summed E-state index contributed by atoms with van der Waals surface area (Å²) >= 11 is 1.79. The van der Waals surface area contributed by atoms with Crippen LogP contribution in [-0.4, -0.2) is 41.6 Å². The van der Waals surface area contributed by atoms with E-state index in [-0.39, 0.29) is 12.0 Å². The minimum absolute atomic E-state index is 0.131. The Balaban J connectivity index is 2.04. The number of benzene rings is 1. The van der Waals surface area contributed by atoms with Crippen LogP contribution in [0, 0.1) is 11.3 Å². The van der Waals surface area contributed by atoms with Crippen LogP contribution in [0.4, 0.5) is 0 Å². The molecule has 1 fully saturated rings. The van der Waals surface area contributed by atoms with E-state index in [0.717, 1.165) is 30.2 Å². The molecule has 0 aromatic heterocycles. The molecule has 1 aliphatic rings. The van der Waals surface area contributed by atoms with Gasteiger partial charge in [-0.25, -0.2) is 0 Å². The fourth-order valence-electron chi connectivity index (χ4n) is 2.20. The van der Waals surface area contributed by atoms with E-state index < -0.39 is 0 Å². The molecule has 0 unspecified atom stereocenters. The van der Waals surface area contributed by atoms with Gasteiger partial charge in [0, 0.05) is 24.6 Å². The van der Waals surface area contributed by atoms with E-state index in [0.29, 0.717) is 12.2 Å². The Morgan fingerprint density at radius 2 is 2.25 bits per heavy atom. The molecule has 0 bridgehead atoms. The first-order valence-electron chi connectivity index (χ1n) is 6.72. The molecule has 1 aliphatic heterocycles. The van der Waals surface area contributed by atoms with Crippen molar-refractivity contribution < 1.29 is 9.53 Å². The van der Waals surface area contributed by atoms with Crippen molar-refractivity contribution >= 4 is 17.7 Å². The van der Waals surface area contributed by atoms with E-state index in [1.165, 1.54) is 0 Å². The maximum absolute atomic E-state index is 12.0. The molecule has 2 rings (SSSR count). The highest BCUT2D eigenvalue weighted by molar-refractivity contribution is 7.99. The van der Waals surface area contributed by atoms with Crippen molar-refractivity contribution in [2.24, 2.45) is 0 Å². The third-order valence-electron chi connectivity index (χ3n) is 3.27. The third-order valence-corrected chi connectivity index (χ3v) is 4.29. The molecule has 0 amide bonds. The van der Waals surface area contributed by atoms with Crippen LogP contribution in [0.15, 0.2) is 24.3 Å². The lowest BCUT2D eigenvalue weighted by Crippen LogP contribution is -2.47. The van der Waals surface area contributed by atoms with Gasteiger partial charge in [0.05, 0.1) is 18.2 Å². The summed E-state index contributed by atoms with van der Waals surface area (Å²) in [4.78, 5) is 14.1. The molecule has 4 nitrogen and oxygen atoms in total. The fourth-order valence-corrected chi connectivity index (χ4v) is 3.30. The van der Waals surface area contributed by atoms with E-state index in [2.05, 4.69) is 11.0 Å². The molecule has 0 radical (unpaired) electrons. The van der Waals surface area contributed by atoms with Crippen molar-refractivity contribution in [2.75, 3.05) is 24.7 Å². The predicted octanol–water partition coefficient (Wildman–Crippen LogP) is 2.04. The molecule has 0 N–H and O–H groups in total. The normalized spacial score (nSPS) is 19.3. The monoisotopic (exact) mass is 290 g/mol. The van der Waals surface area contributed by atoms with Gasteiger partial charge in [-0.05, 0) is 24.6 Å². The number of rotatable bonds is 4. The van der Waals surface area contributed by atoms with Gasteiger partial charge in [-0.3, -0.25) is 9.69 Å². The van der Waals surface area contributed by atoms with Crippen molar-refractivity contribution in [3.63, 3.8) is 0 Å². The summed E-state index contributed by atoms with van der Waals surface area (Å²) in [5.41, 5.74) is 1.77. The van der Waals surface area contributed by atoms with Gasteiger partial charge in [-0.15, -0.1) is 0 Å². The number of carbonyl (C=O) groups is 1. The molecule has 1 aromatic rings. The van der Waals surface area contributed by atoms with Crippen LogP contribution < -0.4 is 0 Å². The zero-order valence-electron chi connectivity index (χ0n) is 11.5. The number of esters is 1. The summed E-state index contributed by atoms with van der Waals surface area (Å²) < 4.78 is 5.15. The second-order valence-electron chi connectivity index (χ2n) is 4.62. The number of nitrogens with zero attached hydrogens (tertiary/aromatic N) is 2. The van der Waals surface area contributed by atoms with Gasteiger partial charge in [0.15, 0.2) is 0 Å². The Bertz CT molecular complexity index is 496. The van der Waals surface area contributed by atoms with Crippen molar-refractivity contribution in [1.82, 2.24) is 4.90 Å². The summed E-state index contributed by atoms with van der Waals surface area (Å²) in [6.07, 6.45) is 0. The van der Waals surface area contributed by atoms with E-state index in [9.17, 15) is 4.79 Å². The van der Waals surface area contributed by atoms with Crippen molar-refractivity contribution in [2.45, 2.75) is 19.5 Å². The zero-order valence-corrected chi connectivity index (χ0v) is 12.4. The smallest absolute Gasteiger partial charge is 0.324 e. The van der Waals surface area contributed by atoms with Crippen molar-refractivity contribution in [3.8, 4) is 6.07 Å². The lowest BCUT2D eigenvalue weighted by atomic mass is 10.1. The number of ether oxygens (including phenoxy) is 1. The average molecular weight is 290 g/mol. The van der Waals surface area contributed by atoms with Gasteiger partial charge in [0.1, 0.15) is 6.04 Å². The van der Waals surface area contributed by atoms with Crippen molar-refractivity contribution in [1.29, 1.82) is 5.26 Å². The highest BCUT2D eigenvalue weighted by Crippen LogP contribution is 2.20. The summed E-state index contributed by atoms with van der Waals surface area (Å²) in [7, 11) is 0.